The first-order valence-corrected chi connectivity index (χ1v) is 5.27. The van der Waals surface area contributed by atoms with Gasteiger partial charge in [0.05, 0.1) is 0 Å². The largest absolute Gasteiger partial charge is 0.328 e. The number of halogens is 1. The van der Waals surface area contributed by atoms with Crippen molar-refractivity contribution >= 4 is 12.4 Å². The summed E-state index contributed by atoms with van der Waals surface area (Å²) in [5, 5.41) is 3.44. The van der Waals surface area contributed by atoms with E-state index in [2.05, 4.69) is 5.32 Å². The molecule has 1 spiro atoms. The maximum Gasteiger partial charge on any atom is 0.00392 e. The highest BCUT2D eigenvalue weighted by atomic mass is 35.5. The van der Waals surface area contributed by atoms with Crippen molar-refractivity contribution in [3.63, 3.8) is 0 Å². The fourth-order valence-electron chi connectivity index (χ4n) is 2.71. The van der Waals surface area contributed by atoms with Crippen LogP contribution in [-0.2, 0) is 0 Å². The second-order valence-electron chi connectivity index (χ2n) is 4.59. The molecule has 0 atom stereocenters. The summed E-state index contributed by atoms with van der Waals surface area (Å²) in [4.78, 5) is 0. The van der Waals surface area contributed by atoms with E-state index in [1.165, 1.54) is 51.6 Å². The van der Waals surface area contributed by atoms with Crippen molar-refractivity contribution < 1.29 is 0 Å². The molecule has 1 heterocycles. The molecule has 1 aliphatic heterocycles. The third-order valence-corrected chi connectivity index (χ3v) is 3.76. The molecule has 2 aliphatic rings. The number of rotatable bonds is 0. The van der Waals surface area contributed by atoms with Crippen molar-refractivity contribution in [1.82, 2.24) is 5.32 Å². The first kappa shape index (κ1) is 11.3. The molecule has 1 saturated heterocycles. The zero-order valence-electron chi connectivity index (χ0n) is 8.22. The average molecular weight is 205 g/mol. The Morgan fingerprint density at radius 2 is 1.54 bits per heavy atom. The van der Waals surface area contributed by atoms with Crippen LogP contribution < -0.4 is 11.1 Å². The molecule has 78 valence electrons. The molecule has 1 saturated carbocycles. The highest BCUT2D eigenvalue weighted by Crippen LogP contribution is 2.42. The van der Waals surface area contributed by atoms with Crippen LogP contribution in [-0.4, -0.2) is 19.1 Å². The van der Waals surface area contributed by atoms with E-state index in [-0.39, 0.29) is 12.4 Å². The van der Waals surface area contributed by atoms with Crippen LogP contribution in [0, 0.1) is 5.41 Å². The van der Waals surface area contributed by atoms with Crippen LogP contribution in [0.25, 0.3) is 0 Å². The van der Waals surface area contributed by atoms with E-state index >= 15 is 0 Å². The molecule has 0 unspecified atom stereocenters. The maximum absolute atomic E-state index is 5.91. The van der Waals surface area contributed by atoms with Crippen LogP contribution in [0.3, 0.4) is 0 Å². The minimum atomic E-state index is 0. The molecule has 2 rings (SSSR count). The van der Waals surface area contributed by atoms with E-state index < -0.39 is 0 Å². The van der Waals surface area contributed by atoms with Crippen LogP contribution in [0.2, 0.25) is 0 Å². The van der Waals surface area contributed by atoms with Gasteiger partial charge in [0, 0.05) is 6.04 Å². The Morgan fingerprint density at radius 3 is 2.08 bits per heavy atom. The number of nitrogens with two attached hydrogens (primary N) is 1. The lowest BCUT2D eigenvalue weighted by molar-refractivity contribution is 0.124. The standard InChI is InChI=1S/C10H20N2.ClH/c11-9-1-3-10(4-2-9)5-7-12-8-6-10;/h9,12H,1-8,11H2;1H. The maximum atomic E-state index is 5.91. The summed E-state index contributed by atoms with van der Waals surface area (Å²) in [6, 6.07) is 0.505. The fourth-order valence-corrected chi connectivity index (χ4v) is 2.71. The number of nitrogens with one attached hydrogen (secondary N) is 1. The van der Waals surface area contributed by atoms with Crippen molar-refractivity contribution in [1.29, 1.82) is 0 Å². The monoisotopic (exact) mass is 204 g/mol. The van der Waals surface area contributed by atoms with Crippen LogP contribution in [0.15, 0.2) is 0 Å². The van der Waals surface area contributed by atoms with Gasteiger partial charge in [-0.15, -0.1) is 12.4 Å². The highest BCUT2D eigenvalue weighted by molar-refractivity contribution is 5.85. The summed E-state index contributed by atoms with van der Waals surface area (Å²) < 4.78 is 0. The Balaban J connectivity index is 0.000000845. The molecule has 3 heteroatoms. The Bertz CT molecular complexity index is 145. The van der Waals surface area contributed by atoms with Crippen molar-refractivity contribution in [3.8, 4) is 0 Å². The van der Waals surface area contributed by atoms with Gasteiger partial charge < -0.3 is 11.1 Å². The Hall–Kier alpha value is 0.210. The van der Waals surface area contributed by atoms with Crippen LogP contribution in [0.4, 0.5) is 0 Å². The molecule has 0 aromatic rings. The summed E-state index contributed by atoms with van der Waals surface area (Å²) in [6.07, 6.45) is 8.07. The van der Waals surface area contributed by atoms with Crippen molar-refractivity contribution in [2.75, 3.05) is 13.1 Å². The normalized spacial score (nSPS) is 28.4. The summed E-state index contributed by atoms with van der Waals surface area (Å²) in [6.45, 7) is 2.46. The molecule has 0 aromatic heterocycles. The molecule has 13 heavy (non-hydrogen) atoms. The smallest absolute Gasteiger partial charge is 0.00392 e. The molecule has 3 N–H and O–H groups in total. The van der Waals surface area contributed by atoms with E-state index in [9.17, 15) is 0 Å². The van der Waals surface area contributed by atoms with Crippen molar-refractivity contribution in [2.45, 2.75) is 44.6 Å². The highest BCUT2D eigenvalue weighted by Gasteiger charge is 2.34. The zero-order valence-corrected chi connectivity index (χ0v) is 9.04. The van der Waals surface area contributed by atoms with Gasteiger partial charge in [-0.2, -0.15) is 0 Å². The quantitative estimate of drug-likeness (QED) is 0.630. The van der Waals surface area contributed by atoms with E-state index in [1.807, 2.05) is 0 Å². The van der Waals surface area contributed by atoms with Crippen LogP contribution in [0.5, 0.6) is 0 Å². The van der Waals surface area contributed by atoms with Gasteiger partial charge in [0.15, 0.2) is 0 Å². The van der Waals surface area contributed by atoms with E-state index in [0.29, 0.717) is 11.5 Å². The summed E-state index contributed by atoms with van der Waals surface area (Å²) in [5.74, 6) is 0. The molecule has 1 aliphatic carbocycles. The van der Waals surface area contributed by atoms with E-state index in [4.69, 9.17) is 5.73 Å². The summed E-state index contributed by atoms with van der Waals surface area (Å²) in [7, 11) is 0. The van der Waals surface area contributed by atoms with Gasteiger partial charge in [0.1, 0.15) is 0 Å². The molecular weight excluding hydrogens is 184 g/mol. The first-order chi connectivity index (χ1) is 5.81. The van der Waals surface area contributed by atoms with Gasteiger partial charge in [0.2, 0.25) is 0 Å². The van der Waals surface area contributed by atoms with Gasteiger partial charge in [0.25, 0.3) is 0 Å². The SMILES string of the molecule is Cl.NC1CCC2(CCNCC2)CC1. The lowest BCUT2D eigenvalue weighted by Gasteiger charge is -2.42. The van der Waals surface area contributed by atoms with Gasteiger partial charge in [-0.3, -0.25) is 0 Å². The van der Waals surface area contributed by atoms with E-state index in [0.717, 1.165) is 0 Å². The number of hydrogen-bond acceptors (Lipinski definition) is 2. The Kier molecular flexibility index (Phi) is 4.02. The van der Waals surface area contributed by atoms with Gasteiger partial charge in [-0.05, 0) is 57.0 Å². The molecule has 2 nitrogen and oxygen atoms in total. The molecule has 0 bridgehead atoms. The first-order valence-electron chi connectivity index (χ1n) is 5.27. The molecule has 2 fully saturated rings. The zero-order chi connectivity index (χ0) is 8.44. The average Bonchev–Trinajstić information content (AvgIpc) is 2.13. The van der Waals surface area contributed by atoms with Gasteiger partial charge >= 0.3 is 0 Å². The fraction of sp³-hybridized carbons (Fsp3) is 1.00. The number of piperidine rings is 1. The van der Waals surface area contributed by atoms with E-state index in [1.54, 1.807) is 0 Å². The lowest BCUT2D eigenvalue weighted by atomic mass is 9.67. The topological polar surface area (TPSA) is 38.0 Å². The molecular formula is C10H21ClN2. The predicted molar refractivity (Wildman–Crippen MR) is 58.2 cm³/mol. The second-order valence-corrected chi connectivity index (χ2v) is 4.59. The third kappa shape index (κ3) is 2.58. The van der Waals surface area contributed by atoms with Gasteiger partial charge in [-0.25, -0.2) is 0 Å². The Morgan fingerprint density at radius 1 is 1.00 bits per heavy atom. The predicted octanol–water partition coefficient (Wildman–Crippen LogP) is 1.68. The second kappa shape index (κ2) is 4.63. The van der Waals surface area contributed by atoms with Gasteiger partial charge in [-0.1, -0.05) is 0 Å². The molecule has 0 radical (unpaired) electrons. The Labute approximate surface area is 87.1 Å². The molecule has 0 aromatic carbocycles. The van der Waals surface area contributed by atoms with Crippen molar-refractivity contribution in [2.24, 2.45) is 11.1 Å². The molecule has 0 amide bonds. The van der Waals surface area contributed by atoms with Crippen LogP contribution >= 0.6 is 12.4 Å². The summed E-state index contributed by atoms with van der Waals surface area (Å²) in [5.41, 5.74) is 6.60. The van der Waals surface area contributed by atoms with Crippen molar-refractivity contribution in [3.05, 3.63) is 0 Å². The minimum absolute atomic E-state index is 0. The minimum Gasteiger partial charge on any atom is -0.328 e. The van der Waals surface area contributed by atoms with Crippen LogP contribution in [0.1, 0.15) is 38.5 Å². The number of hydrogen-bond donors (Lipinski definition) is 2. The third-order valence-electron chi connectivity index (χ3n) is 3.76. The lowest BCUT2D eigenvalue weighted by Crippen LogP contribution is -2.41. The summed E-state index contributed by atoms with van der Waals surface area (Å²) >= 11 is 0.